The number of hydrogen-bond donors (Lipinski definition) is 2. The second kappa shape index (κ2) is 5.88. The molecule has 2 N–H and O–H groups in total. The van der Waals surface area contributed by atoms with Gasteiger partial charge in [0.1, 0.15) is 11.5 Å². The average molecular weight is 366 g/mol. The van der Waals surface area contributed by atoms with Gasteiger partial charge in [-0.3, -0.25) is 9.89 Å². The highest BCUT2D eigenvalue weighted by Gasteiger charge is 2.37. The van der Waals surface area contributed by atoms with Crippen molar-refractivity contribution in [2.24, 2.45) is 0 Å². The molecule has 5 rings (SSSR count). The third kappa shape index (κ3) is 2.39. The highest BCUT2D eigenvalue weighted by molar-refractivity contribution is 6.30. The van der Waals surface area contributed by atoms with Crippen LogP contribution in [0.25, 0.3) is 11.3 Å². The molecule has 6 heteroatoms. The first kappa shape index (κ1) is 15.5. The first-order chi connectivity index (χ1) is 12.7. The lowest BCUT2D eigenvalue weighted by Crippen LogP contribution is -2.26. The zero-order valence-electron chi connectivity index (χ0n) is 13.9. The van der Waals surface area contributed by atoms with Crippen molar-refractivity contribution >= 4 is 23.2 Å². The first-order valence-electron chi connectivity index (χ1n) is 8.63. The topological polar surface area (TPSA) is 70.9 Å². The number of nitrogens with one attached hydrogen (secondary N) is 2. The minimum atomic E-state index is -0.228. The predicted molar refractivity (Wildman–Crippen MR) is 99.1 cm³/mol. The van der Waals surface area contributed by atoms with Gasteiger partial charge in [-0.15, -0.1) is 0 Å². The number of carbonyl (C=O) groups excluding carboxylic acids is 1. The third-order valence-electron chi connectivity index (χ3n) is 5.03. The molecule has 1 aliphatic carbocycles. The van der Waals surface area contributed by atoms with E-state index in [4.69, 9.17) is 16.0 Å². The highest BCUT2D eigenvalue weighted by Crippen LogP contribution is 2.45. The minimum Gasteiger partial charge on any atom is -0.460 e. The van der Waals surface area contributed by atoms with Crippen LogP contribution >= 0.6 is 11.6 Å². The Balaban J connectivity index is 1.61. The van der Waals surface area contributed by atoms with Crippen LogP contribution < -0.4 is 5.32 Å². The molecular weight excluding hydrogens is 350 g/mol. The summed E-state index contributed by atoms with van der Waals surface area (Å²) in [5, 5.41) is 11.2. The van der Waals surface area contributed by atoms with Gasteiger partial charge in [0.05, 0.1) is 5.92 Å². The number of aromatic amines is 1. The Bertz CT molecular complexity index is 1030. The molecule has 0 unspecified atom stereocenters. The van der Waals surface area contributed by atoms with Crippen molar-refractivity contribution in [2.75, 3.05) is 5.32 Å². The fourth-order valence-corrected chi connectivity index (χ4v) is 3.95. The number of fused-ring (bicyclic) bond motifs is 1. The highest BCUT2D eigenvalue weighted by atomic mass is 35.5. The van der Waals surface area contributed by atoms with Gasteiger partial charge < -0.3 is 9.73 Å². The summed E-state index contributed by atoms with van der Waals surface area (Å²) < 4.78 is 6.17. The van der Waals surface area contributed by atoms with E-state index in [0.29, 0.717) is 11.4 Å². The number of rotatable bonds is 2. The van der Waals surface area contributed by atoms with Crippen LogP contribution in [-0.4, -0.2) is 16.0 Å². The molecule has 0 saturated heterocycles. The molecule has 0 saturated carbocycles. The van der Waals surface area contributed by atoms with Gasteiger partial charge >= 0.3 is 0 Å². The van der Waals surface area contributed by atoms with E-state index in [9.17, 15) is 4.79 Å². The van der Waals surface area contributed by atoms with Gasteiger partial charge in [-0.05, 0) is 49.2 Å². The van der Waals surface area contributed by atoms with E-state index in [1.807, 2.05) is 42.6 Å². The number of carbonyl (C=O) groups is 1. The van der Waals surface area contributed by atoms with Crippen molar-refractivity contribution in [3.8, 4) is 11.3 Å². The van der Waals surface area contributed by atoms with Crippen molar-refractivity contribution in [2.45, 2.75) is 25.2 Å². The molecule has 0 fully saturated rings. The Labute approximate surface area is 155 Å². The molecular formula is C20H16ClN3O2. The molecule has 1 aliphatic heterocycles. The van der Waals surface area contributed by atoms with Crippen LogP contribution in [0.1, 0.15) is 36.5 Å². The van der Waals surface area contributed by atoms with E-state index in [1.54, 1.807) is 0 Å². The van der Waals surface area contributed by atoms with Crippen LogP contribution in [0.4, 0.5) is 5.82 Å². The number of aromatic nitrogens is 2. The Hall–Kier alpha value is -2.79. The summed E-state index contributed by atoms with van der Waals surface area (Å²) in [5.74, 6) is 2.23. The lowest BCUT2D eigenvalue weighted by Gasteiger charge is -2.30. The van der Waals surface area contributed by atoms with Gasteiger partial charge in [0.2, 0.25) is 0 Å². The number of benzene rings is 1. The lowest BCUT2D eigenvalue weighted by molar-refractivity contribution is -0.116. The van der Waals surface area contributed by atoms with E-state index < -0.39 is 0 Å². The van der Waals surface area contributed by atoms with E-state index in [2.05, 4.69) is 15.5 Å². The quantitative estimate of drug-likeness (QED) is 0.678. The summed E-state index contributed by atoms with van der Waals surface area (Å²) in [4.78, 5) is 12.7. The zero-order valence-corrected chi connectivity index (χ0v) is 14.6. The van der Waals surface area contributed by atoms with Crippen molar-refractivity contribution in [3.63, 3.8) is 0 Å². The summed E-state index contributed by atoms with van der Waals surface area (Å²) in [6.45, 7) is 0. The lowest BCUT2D eigenvalue weighted by atomic mass is 9.79. The second-order valence-electron chi connectivity index (χ2n) is 6.63. The molecule has 1 atom stereocenters. The molecule has 3 heterocycles. The Kier molecular flexibility index (Phi) is 3.50. The maximum Gasteiger partial charge on any atom is 0.161 e. The normalized spacial score (nSPS) is 19.1. The van der Waals surface area contributed by atoms with Gasteiger partial charge in [0.25, 0.3) is 0 Å². The van der Waals surface area contributed by atoms with Crippen molar-refractivity contribution in [3.05, 3.63) is 70.2 Å². The number of allylic oxidation sites excluding steroid dienone is 2. The Morgan fingerprint density at radius 1 is 1.12 bits per heavy atom. The van der Waals surface area contributed by atoms with Crippen LogP contribution in [0.5, 0.6) is 0 Å². The maximum absolute atomic E-state index is 12.7. The van der Waals surface area contributed by atoms with E-state index in [1.165, 1.54) is 0 Å². The number of halogens is 1. The maximum atomic E-state index is 12.7. The third-order valence-corrected chi connectivity index (χ3v) is 5.29. The Morgan fingerprint density at radius 3 is 2.81 bits per heavy atom. The fourth-order valence-electron chi connectivity index (χ4n) is 3.82. The predicted octanol–water partition coefficient (Wildman–Crippen LogP) is 4.89. The molecule has 0 spiro atoms. The number of nitrogens with zero attached hydrogens (tertiary/aromatic N) is 1. The zero-order chi connectivity index (χ0) is 17.7. The molecule has 130 valence electrons. The second-order valence-corrected chi connectivity index (χ2v) is 7.06. The van der Waals surface area contributed by atoms with E-state index >= 15 is 0 Å². The SMILES string of the molecule is O=C1CCCC2=C1[C@H](c1ccc(-c3ccc(Cl)cc3)o1)c1c[nH]nc1N2. The fraction of sp³-hybridized carbons (Fsp3) is 0.200. The molecule has 3 aromatic rings. The number of hydrogen-bond acceptors (Lipinski definition) is 4. The van der Waals surface area contributed by atoms with Crippen LogP contribution in [0, 0.1) is 0 Å². The summed E-state index contributed by atoms with van der Waals surface area (Å²) >= 11 is 5.97. The minimum absolute atomic E-state index is 0.181. The molecule has 2 aromatic heterocycles. The molecule has 5 nitrogen and oxygen atoms in total. The van der Waals surface area contributed by atoms with Crippen LogP contribution in [0.15, 0.2) is 58.3 Å². The average Bonchev–Trinajstić information content (AvgIpc) is 3.30. The van der Waals surface area contributed by atoms with E-state index in [0.717, 1.165) is 52.6 Å². The largest absolute Gasteiger partial charge is 0.460 e. The van der Waals surface area contributed by atoms with Gasteiger partial charge in [0, 0.05) is 40.0 Å². The van der Waals surface area contributed by atoms with Gasteiger partial charge in [-0.2, -0.15) is 5.10 Å². The van der Waals surface area contributed by atoms with Crippen molar-refractivity contribution < 1.29 is 9.21 Å². The van der Waals surface area contributed by atoms with Crippen molar-refractivity contribution in [1.82, 2.24) is 10.2 Å². The van der Waals surface area contributed by atoms with Crippen LogP contribution in [-0.2, 0) is 4.79 Å². The molecule has 1 aromatic carbocycles. The summed E-state index contributed by atoms with van der Waals surface area (Å²) in [6, 6.07) is 11.4. The summed E-state index contributed by atoms with van der Waals surface area (Å²) in [7, 11) is 0. The number of H-pyrrole nitrogens is 1. The molecule has 0 amide bonds. The molecule has 2 aliphatic rings. The van der Waals surface area contributed by atoms with Gasteiger partial charge in [-0.1, -0.05) is 11.6 Å². The van der Waals surface area contributed by atoms with Gasteiger partial charge in [-0.25, -0.2) is 0 Å². The smallest absolute Gasteiger partial charge is 0.161 e. The van der Waals surface area contributed by atoms with Gasteiger partial charge in [0.15, 0.2) is 11.6 Å². The number of ketones is 1. The Morgan fingerprint density at radius 2 is 1.96 bits per heavy atom. The van der Waals surface area contributed by atoms with E-state index in [-0.39, 0.29) is 11.7 Å². The summed E-state index contributed by atoms with van der Waals surface area (Å²) in [6.07, 6.45) is 4.14. The van der Waals surface area contributed by atoms with Crippen LogP contribution in [0.2, 0.25) is 5.02 Å². The van der Waals surface area contributed by atoms with Crippen LogP contribution in [0.3, 0.4) is 0 Å². The number of Topliss-reactive ketones (excluding diaryl/α,β-unsaturated/α-hetero) is 1. The number of furan rings is 1. The number of anilines is 1. The standard InChI is InChI=1S/C20H16ClN3O2/c21-12-6-4-11(5-7-12)16-8-9-17(26-16)18-13-10-22-24-20(13)23-14-2-1-3-15(25)19(14)18/h4-10,18H,1-3H2,(H2,22,23,24)/t18-/m0/s1. The molecule has 0 radical (unpaired) electrons. The molecule has 0 bridgehead atoms. The monoisotopic (exact) mass is 365 g/mol. The summed E-state index contributed by atoms with van der Waals surface area (Å²) in [5.41, 5.74) is 3.67. The molecule has 26 heavy (non-hydrogen) atoms. The first-order valence-corrected chi connectivity index (χ1v) is 9.01. The van der Waals surface area contributed by atoms with Crippen molar-refractivity contribution in [1.29, 1.82) is 0 Å².